The summed E-state index contributed by atoms with van der Waals surface area (Å²) in [4.78, 5) is 24.9. The quantitative estimate of drug-likeness (QED) is 0.676. The number of rotatable bonds is 6. The molecule has 2 N–H and O–H groups in total. The molecule has 6 heteroatoms. The zero-order chi connectivity index (χ0) is 19.9. The summed E-state index contributed by atoms with van der Waals surface area (Å²) in [6.07, 6.45) is 0. The first-order chi connectivity index (χ1) is 13.6. The molecule has 0 saturated heterocycles. The van der Waals surface area contributed by atoms with Gasteiger partial charge in [-0.05, 0) is 48.5 Å². The Morgan fingerprint density at radius 1 is 0.679 bits per heavy atom. The van der Waals surface area contributed by atoms with Crippen molar-refractivity contribution in [3.63, 3.8) is 0 Å². The van der Waals surface area contributed by atoms with Crippen LogP contribution in [0.3, 0.4) is 0 Å². The van der Waals surface area contributed by atoms with Crippen molar-refractivity contribution in [1.29, 1.82) is 0 Å². The highest BCUT2D eigenvalue weighted by Gasteiger charge is 2.13. The highest BCUT2D eigenvalue weighted by Crippen LogP contribution is 2.24. The molecule has 6 nitrogen and oxygen atoms in total. The maximum atomic E-state index is 12.5. The number of amides is 2. The van der Waals surface area contributed by atoms with Crippen LogP contribution >= 0.6 is 0 Å². The first-order valence-corrected chi connectivity index (χ1v) is 8.61. The normalized spacial score (nSPS) is 10.1. The van der Waals surface area contributed by atoms with Crippen LogP contribution in [0.25, 0.3) is 0 Å². The average Bonchev–Trinajstić information content (AvgIpc) is 2.74. The molecule has 0 fully saturated rings. The molecule has 0 radical (unpaired) electrons. The minimum Gasteiger partial charge on any atom is -0.496 e. The molecular weight excluding hydrogens is 356 g/mol. The lowest BCUT2D eigenvalue weighted by Gasteiger charge is -2.11. The lowest BCUT2D eigenvalue weighted by atomic mass is 10.1. The number of carbonyl (C=O) groups is 2. The summed E-state index contributed by atoms with van der Waals surface area (Å²) in [5.74, 6) is 0.514. The van der Waals surface area contributed by atoms with Crippen LogP contribution in [0.4, 0.5) is 11.4 Å². The van der Waals surface area contributed by atoms with Gasteiger partial charge in [-0.1, -0.05) is 24.3 Å². The minimum absolute atomic E-state index is 0.271. The van der Waals surface area contributed by atoms with Gasteiger partial charge in [-0.2, -0.15) is 0 Å². The first kappa shape index (κ1) is 19.0. The lowest BCUT2D eigenvalue weighted by Crippen LogP contribution is -2.14. The van der Waals surface area contributed by atoms with Gasteiger partial charge in [0.15, 0.2) is 0 Å². The van der Waals surface area contributed by atoms with Gasteiger partial charge >= 0.3 is 0 Å². The van der Waals surface area contributed by atoms with Crippen LogP contribution in [0.1, 0.15) is 20.7 Å². The number of hydrogen-bond acceptors (Lipinski definition) is 4. The molecule has 2 amide bonds. The van der Waals surface area contributed by atoms with E-state index in [1.54, 1.807) is 67.8 Å². The molecule has 0 heterocycles. The molecule has 0 bridgehead atoms. The predicted octanol–water partition coefficient (Wildman–Crippen LogP) is 4.21. The van der Waals surface area contributed by atoms with Gasteiger partial charge in [0.05, 0.1) is 25.5 Å². The van der Waals surface area contributed by atoms with Gasteiger partial charge in [0.2, 0.25) is 0 Å². The van der Waals surface area contributed by atoms with Crippen molar-refractivity contribution in [2.45, 2.75) is 0 Å². The molecule has 0 atom stereocenters. The summed E-state index contributed by atoms with van der Waals surface area (Å²) in [7, 11) is 3.06. The Hall–Kier alpha value is -3.80. The van der Waals surface area contributed by atoms with Crippen molar-refractivity contribution >= 4 is 23.2 Å². The van der Waals surface area contributed by atoms with E-state index in [1.165, 1.54) is 7.11 Å². The van der Waals surface area contributed by atoms with E-state index in [0.29, 0.717) is 34.0 Å². The summed E-state index contributed by atoms with van der Waals surface area (Å²) in [5, 5.41) is 5.61. The summed E-state index contributed by atoms with van der Waals surface area (Å²) in [6.45, 7) is 0. The van der Waals surface area contributed by atoms with Gasteiger partial charge in [0, 0.05) is 11.3 Å². The van der Waals surface area contributed by atoms with Gasteiger partial charge in [-0.3, -0.25) is 9.59 Å². The van der Waals surface area contributed by atoms with E-state index in [1.807, 2.05) is 12.1 Å². The summed E-state index contributed by atoms with van der Waals surface area (Å²) in [5.41, 5.74) is 2.05. The zero-order valence-corrected chi connectivity index (χ0v) is 15.6. The smallest absolute Gasteiger partial charge is 0.259 e. The molecule has 28 heavy (non-hydrogen) atoms. The molecule has 0 unspecified atom stereocenters. The third-order valence-electron chi connectivity index (χ3n) is 4.11. The highest BCUT2D eigenvalue weighted by atomic mass is 16.5. The molecule has 0 saturated carbocycles. The maximum Gasteiger partial charge on any atom is 0.259 e. The van der Waals surface area contributed by atoms with E-state index in [-0.39, 0.29) is 11.8 Å². The third-order valence-corrected chi connectivity index (χ3v) is 4.11. The summed E-state index contributed by atoms with van der Waals surface area (Å²) >= 11 is 0. The van der Waals surface area contributed by atoms with E-state index in [4.69, 9.17) is 9.47 Å². The minimum atomic E-state index is -0.288. The van der Waals surface area contributed by atoms with Crippen molar-refractivity contribution < 1.29 is 19.1 Å². The zero-order valence-electron chi connectivity index (χ0n) is 15.6. The SMILES string of the molecule is COc1ccccc1NC(=O)c1ccc(NC(=O)c2ccccc2OC)cc1. The molecule has 0 aliphatic carbocycles. The maximum absolute atomic E-state index is 12.5. The van der Waals surface area contributed by atoms with E-state index in [2.05, 4.69) is 10.6 Å². The van der Waals surface area contributed by atoms with E-state index < -0.39 is 0 Å². The predicted molar refractivity (Wildman–Crippen MR) is 108 cm³/mol. The number of ether oxygens (including phenoxy) is 2. The van der Waals surface area contributed by atoms with Gasteiger partial charge < -0.3 is 20.1 Å². The summed E-state index contributed by atoms with van der Waals surface area (Å²) < 4.78 is 10.4. The number of carbonyl (C=O) groups excluding carboxylic acids is 2. The van der Waals surface area contributed by atoms with Crippen LogP contribution in [0.5, 0.6) is 11.5 Å². The van der Waals surface area contributed by atoms with Crippen LogP contribution in [-0.2, 0) is 0 Å². The number of hydrogen-bond donors (Lipinski definition) is 2. The number of benzene rings is 3. The standard InChI is InChI=1S/C22H20N2O4/c1-27-19-9-5-3-7-17(19)22(26)23-16-13-11-15(12-14-16)21(25)24-18-8-4-6-10-20(18)28-2/h3-14H,1-2H3,(H,23,26)(H,24,25). The Morgan fingerprint density at radius 3 is 1.96 bits per heavy atom. The van der Waals surface area contributed by atoms with Crippen molar-refractivity contribution in [1.82, 2.24) is 0 Å². The fourth-order valence-corrected chi connectivity index (χ4v) is 2.68. The monoisotopic (exact) mass is 376 g/mol. The molecule has 0 aromatic heterocycles. The van der Waals surface area contributed by atoms with E-state index >= 15 is 0 Å². The van der Waals surface area contributed by atoms with E-state index in [0.717, 1.165) is 0 Å². The molecule has 0 aliphatic rings. The third kappa shape index (κ3) is 4.29. The van der Waals surface area contributed by atoms with Crippen LogP contribution in [0.15, 0.2) is 72.8 Å². The molecule has 3 rings (SSSR count). The Bertz CT molecular complexity index is 984. The molecule has 142 valence electrons. The summed E-state index contributed by atoms with van der Waals surface area (Å²) in [6, 6.07) is 20.8. The second kappa shape index (κ2) is 8.73. The fourth-order valence-electron chi connectivity index (χ4n) is 2.68. The first-order valence-electron chi connectivity index (χ1n) is 8.61. The van der Waals surface area contributed by atoms with Crippen molar-refractivity contribution in [3.05, 3.63) is 83.9 Å². The molecule has 0 spiro atoms. The molecule has 3 aromatic rings. The Kier molecular flexibility index (Phi) is 5.91. The Labute approximate surface area is 163 Å². The number of para-hydroxylation sites is 3. The van der Waals surface area contributed by atoms with Crippen LogP contribution in [0, 0.1) is 0 Å². The van der Waals surface area contributed by atoms with Crippen molar-refractivity contribution in [3.8, 4) is 11.5 Å². The van der Waals surface area contributed by atoms with Crippen molar-refractivity contribution in [2.75, 3.05) is 24.9 Å². The average molecular weight is 376 g/mol. The second-order valence-corrected chi connectivity index (χ2v) is 5.89. The van der Waals surface area contributed by atoms with Crippen molar-refractivity contribution in [2.24, 2.45) is 0 Å². The van der Waals surface area contributed by atoms with Gasteiger partial charge in [0.25, 0.3) is 11.8 Å². The molecule has 3 aromatic carbocycles. The van der Waals surface area contributed by atoms with Gasteiger partial charge in [0.1, 0.15) is 11.5 Å². The molecular formula is C22H20N2O4. The van der Waals surface area contributed by atoms with Gasteiger partial charge in [-0.15, -0.1) is 0 Å². The largest absolute Gasteiger partial charge is 0.496 e. The fraction of sp³-hybridized carbons (Fsp3) is 0.0909. The lowest BCUT2D eigenvalue weighted by molar-refractivity contribution is 0.101. The number of anilines is 2. The van der Waals surface area contributed by atoms with Crippen LogP contribution in [0.2, 0.25) is 0 Å². The highest BCUT2D eigenvalue weighted by molar-refractivity contribution is 6.07. The van der Waals surface area contributed by atoms with Crippen LogP contribution in [-0.4, -0.2) is 26.0 Å². The number of methoxy groups -OCH3 is 2. The topological polar surface area (TPSA) is 76.7 Å². The Balaban J connectivity index is 1.69. The second-order valence-electron chi connectivity index (χ2n) is 5.89. The molecule has 0 aliphatic heterocycles. The van der Waals surface area contributed by atoms with Gasteiger partial charge in [-0.25, -0.2) is 0 Å². The Morgan fingerprint density at radius 2 is 1.29 bits per heavy atom. The number of nitrogens with one attached hydrogen (secondary N) is 2. The van der Waals surface area contributed by atoms with Crippen LogP contribution < -0.4 is 20.1 Å². The van der Waals surface area contributed by atoms with E-state index in [9.17, 15) is 9.59 Å².